The summed E-state index contributed by atoms with van der Waals surface area (Å²) >= 11 is 0. The fourth-order valence-corrected chi connectivity index (χ4v) is 2.80. The number of carbonyl (C=O) groups is 1. The molecule has 2 aromatic rings. The van der Waals surface area contributed by atoms with Crippen LogP contribution < -0.4 is 0 Å². The predicted molar refractivity (Wildman–Crippen MR) is 72.9 cm³/mol. The molecule has 0 radical (unpaired) electrons. The minimum Gasteiger partial charge on any atom is -0.293 e. The summed E-state index contributed by atoms with van der Waals surface area (Å²) in [6.45, 7) is 0. The Morgan fingerprint density at radius 1 is 0.889 bits per heavy atom. The van der Waals surface area contributed by atoms with E-state index in [-0.39, 0.29) is 11.7 Å². The van der Waals surface area contributed by atoms with Crippen molar-refractivity contribution in [3.63, 3.8) is 0 Å². The van der Waals surface area contributed by atoms with E-state index in [9.17, 15) is 4.79 Å². The Hall–Kier alpha value is -1.89. The zero-order valence-corrected chi connectivity index (χ0v) is 10.3. The minimum atomic E-state index is 0.0369. The summed E-state index contributed by atoms with van der Waals surface area (Å²) in [5.74, 6) is 0.323. The van der Waals surface area contributed by atoms with Crippen molar-refractivity contribution < 1.29 is 4.79 Å². The summed E-state index contributed by atoms with van der Waals surface area (Å²) in [6, 6.07) is 18.2. The Labute approximate surface area is 107 Å². The molecular formula is C17H16O. The van der Waals surface area contributed by atoms with Crippen molar-refractivity contribution in [3.05, 3.63) is 71.3 Å². The van der Waals surface area contributed by atoms with Crippen LogP contribution >= 0.6 is 0 Å². The maximum Gasteiger partial charge on any atom is 0.170 e. The lowest BCUT2D eigenvalue weighted by Crippen LogP contribution is -2.12. The molecule has 0 spiro atoms. The van der Waals surface area contributed by atoms with Gasteiger partial charge in [-0.2, -0.15) is 0 Å². The zero-order chi connectivity index (χ0) is 12.4. The lowest BCUT2D eigenvalue weighted by atomic mass is 9.89. The van der Waals surface area contributed by atoms with Gasteiger partial charge in [0.05, 0.1) is 0 Å². The molecule has 1 nitrogen and oxygen atoms in total. The number of fused-ring (bicyclic) bond motifs is 1. The summed E-state index contributed by atoms with van der Waals surface area (Å²) in [6.07, 6.45) is 3.06. The first kappa shape index (κ1) is 11.2. The third-order valence-corrected chi connectivity index (χ3v) is 3.74. The van der Waals surface area contributed by atoms with Crippen molar-refractivity contribution in [2.24, 2.45) is 0 Å². The van der Waals surface area contributed by atoms with E-state index in [2.05, 4.69) is 18.2 Å². The topological polar surface area (TPSA) is 17.1 Å². The second kappa shape index (κ2) is 4.77. The van der Waals surface area contributed by atoms with E-state index in [1.54, 1.807) is 0 Å². The molecule has 18 heavy (non-hydrogen) atoms. The van der Waals surface area contributed by atoms with Crippen LogP contribution in [0.4, 0.5) is 0 Å². The number of rotatable bonds is 1. The summed E-state index contributed by atoms with van der Waals surface area (Å²) in [5, 5.41) is 0. The van der Waals surface area contributed by atoms with Crippen LogP contribution in [-0.2, 0) is 6.42 Å². The van der Waals surface area contributed by atoms with Gasteiger partial charge in [-0.15, -0.1) is 0 Å². The summed E-state index contributed by atoms with van der Waals surface area (Å²) in [4.78, 5) is 12.6. The number of carbonyl (C=O) groups excluding carboxylic acids is 1. The maximum absolute atomic E-state index is 12.6. The highest BCUT2D eigenvalue weighted by molar-refractivity contribution is 6.02. The summed E-state index contributed by atoms with van der Waals surface area (Å²) in [5.41, 5.74) is 3.28. The maximum atomic E-state index is 12.6. The van der Waals surface area contributed by atoms with Gasteiger partial charge in [0.25, 0.3) is 0 Å². The van der Waals surface area contributed by atoms with Crippen LogP contribution in [0.3, 0.4) is 0 Å². The van der Waals surface area contributed by atoms with Gasteiger partial charge in [0, 0.05) is 11.5 Å². The minimum absolute atomic E-state index is 0.0369. The number of hydrogen-bond acceptors (Lipinski definition) is 1. The van der Waals surface area contributed by atoms with Gasteiger partial charge in [-0.1, -0.05) is 54.6 Å². The Bertz CT molecular complexity index is 557. The molecule has 0 unspecified atom stereocenters. The molecule has 2 aromatic carbocycles. The van der Waals surface area contributed by atoms with Crippen molar-refractivity contribution in [2.45, 2.75) is 25.2 Å². The van der Waals surface area contributed by atoms with Crippen molar-refractivity contribution >= 4 is 5.78 Å². The second-order valence-corrected chi connectivity index (χ2v) is 4.88. The average molecular weight is 236 g/mol. The fourth-order valence-electron chi connectivity index (χ4n) is 2.80. The smallest absolute Gasteiger partial charge is 0.170 e. The Morgan fingerprint density at radius 2 is 1.61 bits per heavy atom. The average Bonchev–Trinajstić information content (AvgIpc) is 2.60. The van der Waals surface area contributed by atoms with Crippen LogP contribution in [0.2, 0.25) is 0 Å². The van der Waals surface area contributed by atoms with Gasteiger partial charge in [0.1, 0.15) is 0 Å². The van der Waals surface area contributed by atoms with Gasteiger partial charge in [-0.3, -0.25) is 4.79 Å². The first-order valence-electron chi connectivity index (χ1n) is 6.53. The van der Waals surface area contributed by atoms with E-state index in [1.807, 2.05) is 36.4 Å². The quantitative estimate of drug-likeness (QED) is 0.684. The number of benzene rings is 2. The molecule has 0 saturated heterocycles. The van der Waals surface area contributed by atoms with Gasteiger partial charge in [0.2, 0.25) is 0 Å². The number of ketones is 1. The molecule has 0 bridgehead atoms. The molecule has 1 aliphatic rings. The monoisotopic (exact) mass is 236 g/mol. The first-order chi connectivity index (χ1) is 8.86. The SMILES string of the molecule is O=C1c2ccccc2CCC[C@H]1c1ccccc1. The Balaban J connectivity index is 2.02. The third kappa shape index (κ3) is 1.97. The van der Waals surface area contributed by atoms with Crippen LogP contribution in [0.5, 0.6) is 0 Å². The van der Waals surface area contributed by atoms with E-state index in [1.165, 1.54) is 5.56 Å². The van der Waals surface area contributed by atoms with Crippen molar-refractivity contribution in [3.8, 4) is 0 Å². The van der Waals surface area contributed by atoms with Crippen molar-refractivity contribution in [2.75, 3.05) is 0 Å². The van der Waals surface area contributed by atoms with Crippen LogP contribution in [0.25, 0.3) is 0 Å². The highest BCUT2D eigenvalue weighted by Gasteiger charge is 2.26. The Kier molecular flexibility index (Phi) is 2.97. The number of Topliss-reactive ketones (excluding diaryl/α,β-unsaturated/α-hetero) is 1. The van der Waals surface area contributed by atoms with Gasteiger partial charge >= 0.3 is 0 Å². The van der Waals surface area contributed by atoms with Crippen LogP contribution in [0.1, 0.15) is 40.2 Å². The van der Waals surface area contributed by atoms with Gasteiger partial charge in [-0.25, -0.2) is 0 Å². The summed E-state index contributed by atoms with van der Waals surface area (Å²) < 4.78 is 0. The van der Waals surface area contributed by atoms with Gasteiger partial charge < -0.3 is 0 Å². The molecule has 1 aliphatic carbocycles. The van der Waals surface area contributed by atoms with Crippen molar-refractivity contribution in [1.82, 2.24) is 0 Å². The van der Waals surface area contributed by atoms with Crippen LogP contribution in [-0.4, -0.2) is 5.78 Å². The van der Waals surface area contributed by atoms with E-state index >= 15 is 0 Å². The number of aryl methyl sites for hydroxylation is 1. The Morgan fingerprint density at radius 3 is 2.44 bits per heavy atom. The summed E-state index contributed by atoms with van der Waals surface area (Å²) in [7, 11) is 0. The van der Waals surface area contributed by atoms with Crippen LogP contribution in [0.15, 0.2) is 54.6 Å². The van der Waals surface area contributed by atoms with Crippen LogP contribution in [0, 0.1) is 0 Å². The molecule has 0 aromatic heterocycles. The molecule has 90 valence electrons. The second-order valence-electron chi connectivity index (χ2n) is 4.88. The molecule has 0 amide bonds. The zero-order valence-electron chi connectivity index (χ0n) is 10.3. The predicted octanol–water partition coefficient (Wildman–Crippen LogP) is 3.99. The van der Waals surface area contributed by atoms with Crippen molar-refractivity contribution in [1.29, 1.82) is 0 Å². The third-order valence-electron chi connectivity index (χ3n) is 3.74. The molecule has 1 heteroatoms. The molecule has 0 N–H and O–H groups in total. The van der Waals surface area contributed by atoms with E-state index in [4.69, 9.17) is 0 Å². The van der Waals surface area contributed by atoms with Gasteiger partial charge in [-0.05, 0) is 30.4 Å². The highest BCUT2D eigenvalue weighted by Crippen LogP contribution is 2.31. The fraction of sp³-hybridized carbons (Fsp3) is 0.235. The largest absolute Gasteiger partial charge is 0.293 e. The van der Waals surface area contributed by atoms with Gasteiger partial charge in [0.15, 0.2) is 5.78 Å². The molecule has 0 saturated carbocycles. The molecule has 0 aliphatic heterocycles. The molecule has 1 atom stereocenters. The molecule has 0 heterocycles. The highest BCUT2D eigenvalue weighted by atomic mass is 16.1. The molecule has 3 rings (SSSR count). The first-order valence-corrected chi connectivity index (χ1v) is 6.53. The molecular weight excluding hydrogens is 220 g/mol. The van der Waals surface area contributed by atoms with E-state index in [0.717, 1.165) is 30.4 Å². The van der Waals surface area contributed by atoms with E-state index < -0.39 is 0 Å². The standard InChI is InChI=1S/C17H16O/c18-17-15-11-5-4-9-14(15)10-6-12-16(17)13-7-2-1-3-8-13/h1-5,7-9,11,16H,6,10,12H2/t16-/m0/s1. The lowest BCUT2D eigenvalue weighted by Gasteiger charge is -2.13. The van der Waals surface area contributed by atoms with E-state index in [0.29, 0.717) is 0 Å². The lowest BCUT2D eigenvalue weighted by molar-refractivity contribution is 0.0957. The molecule has 0 fully saturated rings. The number of hydrogen-bond donors (Lipinski definition) is 0. The normalized spacial score (nSPS) is 19.1.